The van der Waals surface area contributed by atoms with Crippen molar-refractivity contribution < 1.29 is 9.90 Å². The van der Waals surface area contributed by atoms with Gasteiger partial charge in [-0.25, -0.2) is 0 Å². The molecular formula is C14H21NO2. The van der Waals surface area contributed by atoms with Gasteiger partial charge in [-0.2, -0.15) is 0 Å². The number of carbonyl (C=O) groups excluding carboxylic acids is 1. The minimum atomic E-state index is -0.740. The topological polar surface area (TPSA) is 40.5 Å². The predicted molar refractivity (Wildman–Crippen MR) is 65.6 cm³/mol. The average molecular weight is 235 g/mol. The lowest BCUT2D eigenvalue weighted by Gasteiger charge is -2.40. The molecule has 0 aliphatic heterocycles. The number of nitrogens with zero attached hydrogens (tertiary/aromatic N) is 1. The van der Waals surface area contributed by atoms with E-state index in [4.69, 9.17) is 0 Å². The molecule has 1 N–H and O–H groups in total. The van der Waals surface area contributed by atoms with E-state index in [9.17, 15) is 9.90 Å². The number of ketones is 1. The molecule has 3 rings (SSSR count). The maximum atomic E-state index is 12.3. The average Bonchev–Trinajstić information content (AvgIpc) is 2.76. The van der Waals surface area contributed by atoms with Crippen LogP contribution >= 0.6 is 0 Å². The molecule has 0 saturated heterocycles. The van der Waals surface area contributed by atoms with Gasteiger partial charge in [-0.05, 0) is 57.8 Å². The third-order valence-electron chi connectivity index (χ3n) is 5.50. The Morgan fingerprint density at radius 2 is 2.18 bits per heavy atom. The summed E-state index contributed by atoms with van der Waals surface area (Å²) in [6.45, 7) is 2.04. The van der Waals surface area contributed by atoms with Gasteiger partial charge in [0.2, 0.25) is 0 Å². The van der Waals surface area contributed by atoms with Gasteiger partial charge in [0.1, 0.15) is 0 Å². The number of carbonyl (C=O) groups is 1. The van der Waals surface area contributed by atoms with E-state index in [1.165, 1.54) is 0 Å². The van der Waals surface area contributed by atoms with Crippen molar-refractivity contribution in [3.8, 4) is 0 Å². The van der Waals surface area contributed by atoms with Gasteiger partial charge in [0.15, 0.2) is 5.78 Å². The van der Waals surface area contributed by atoms with E-state index in [0.717, 1.165) is 31.3 Å². The number of fused-ring (bicyclic) bond motifs is 3. The molecule has 0 unspecified atom stereocenters. The summed E-state index contributed by atoms with van der Waals surface area (Å²) in [7, 11) is 4.07. The van der Waals surface area contributed by atoms with Gasteiger partial charge in [0.25, 0.3) is 0 Å². The number of likely N-dealkylation sites (N-methyl/N-ethyl adjacent to an activating group) is 1. The van der Waals surface area contributed by atoms with E-state index < -0.39 is 5.60 Å². The Bertz CT molecular complexity index is 414. The van der Waals surface area contributed by atoms with Crippen molar-refractivity contribution in [3.05, 3.63) is 11.6 Å². The summed E-state index contributed by atoms with van der Waals surface area (Å²) in [5.74, 6) is 0.225. The van der Waals surface area contributed by atoms with E-state index in [0.29, 0.717) is 5.92 Å². The van der Waals surface area contributed by atoms with Crippen LogP contribution in [0.4, 0.5) is 0 Å². The van der Waals surface area contributed by atoms with Crippen LogP contribution in [0, 0.1) is 11.8 Å². The van der Waals surface area contributed by atoms with Crippen LogP contribution < -0.4 is 0 Å². The Morgan fingerprint density at radius 1 is 1.47 bits per heavy atom. The van der Waals surface area contributed by atoms with Crippen LogP contribution in [0.5, 0.6) is 0 Å². The first-order chi connectivity index (χ1) is 7.93. The standard InChI is InChI=1S/C14H21NO2/c1-9-7-11(16)12-13(9,15(2)3)8-10-5-4-6-14(10,12)17/h7,10,12,17H,4-6,8H2,1-3H3/t10-,12+,13+,14+/m1/s1. The molecule has 0 aromatic heterocycles. The van der Waals surface area contributed by atoms with Crippen molar-refractivity contribution in [1.82, 2.24) is 4.90 Å². The SMILES string of the molecule is CC1=CC(=O)[C@@H]2[C@]3(O)CCC[C@@H]3C[C@]12N(C)C. The third-order valence-corrected chi connectivity index (χ3v) is 5.50. The van der Waals surface area contributed by atoms with Gasteiger partial charge in [0.05, 0.1) is 17.1 Å². The van der Waals surface area contributed by atoms with Crippen LogP contribution in [0.3, 0.4) is 0 Å². The number of aliphatic hydroxyl groups is 1. The molecule has 4 atom stereocenters. The normalized spacial score (nSPS) is 48.5. The lowest BCUT2D eigenvalue weighted by Crippen LogP contribution is -2.52. The second-order valence-corrected chi connectivity index (χ2v) is 6.27. The van der Waals surface area contributed by atoms with E-state index in [1.54, 1.807) is 6.08 Å². The highest BCUT2D eigenvalue weighted by molar-refractivity contribution is 5.99. The Kier molecular flexibility index (Phi) is 2.15. The van der Waals surface area contributed by atoms with Gasteiger partial charge in [-0.15, -0.1) is 0 Å². The number of allylic oxidation sites excluding steroid dienone is 1. The first-order valence-electron chi connectivity index (χ1n) is 6.55. The van der Waals surface area contributed by atoms with Crippen LogP contribution in [0.2, 0.25) is 0 Å². The number of hydrogen-bond acceptors (Lipinski definition) is 3. The molecule has 0 heterocycles. The second kappa shape index (κ2) is 3.21. The predicted octanol–water partition coefficient (Wildman–Crippen LogP) is 1.37. The second-order valence-electron chi connectivity index (χ2n) is 6.27. The lowest BCUT2D eigenvalue weighted by atomic mass is 9.78. The van der Waals surface area contributed by atoms with Crippen molar-refractivity contribution in [1.29, 1.82) is 0 Å². The van der Waals surface area contributed by atoms with Crippen molar-refractivity contribution in [2.75, 3.05) is 14.1 Å². The van der Waals surface area contributed by atoms with Crippen LogP contribution in [-0.2, 0) is 4.79 Å². The fraction of sp³-hybridized carbons (Fsp3) is 0.786. The molecule has 0 aromatic carbocycles. The van der Waals surface area contributed by atoms with Gasteiger partial charge in [0, 0.05) is 0 Å². The van der Waals surface area contributed by atoms with Crippen molar-refractivity contribution >= 4 is 5.78 Å². The molecule has 0 amide bonds. The summed E-state index contributed by atoms with van der Waals surface area (Å²) < 4.78 is 0. The molecule has 0 radical (unpaired) electrons. The lowest BCUT2D eigenvalue weighted by molar-refractivity contribution is -0.129. The zero-order valence-corrected chi connectivity index (χ0v) is 10.9. The smallest absolute Gasteiger partial charge is 0.163 e. The molecule has 17 heavy (non-hydrogen) atoms. The van der Waals surface area contributed by atoms with E-state index in [2.05, 4.69) is 4.90 Å². The fourth-order valence-electron chi connectivity index (χ4n) is 4.74. The highest BCUT2D eigenvalue weighted by Crippen LogP contribution is 2.61. The van der Waals surface area contributed by atoms with Gasteiger partial charge < -0.3 is 5.11 Å². The minimum absolute atomic E-state index is 0.142. The van der Waals surface area contributed by atoms with Gasteiger partial charge >= 0.3 is 0 Å². The quantitative estimate of drug-likeness (QED) is 0.746. The molecule has 0 bridgehead atoms. The Hall–Kier alpha value is -0.670. The fourth-order valence-corrected chi connectivity index (χ4v) is 4.74. The zero-order valence-electron chi connectivity index (χ0n) is 10.9. The van der Waals surface area contributed by atoms with Crippen LogP contribution in [-0.4, -0.2) is 41.0 Å². The van der Waals surface area contributed by atoms with Crippen LogP contribution in [0.1, 0.15) is 32.6 Å². The summed E-state index contributed by atoms with van der Waals surface area (Å²) in [4.78, 5) is 14.4. The van der Waals surface area contributed by atoms with Crippen molar-refractivity contribution in [2.24, 2.45) is 11.8 Å². The molecule has 0 spiro atoms. The summed E-state index contributed by atoms with van der Waals surface area (Å²) in [5, 5.41) is 10.9. The maximum Gasteiger partial charge on any atom is 0.163 e. The summed E-state index contributed by atoms with van der Waals surface area (Å²) >= 11 is 0. The number of hydrogen-bond donors (Lipinski definition) is 1. The highest BCUT2D eigenvalue weighted by Gasteiger charge is 2.68. The molecule has 3 nitrogen and oxygen atoms in total. The van der Waals surface area contributed by atoms with Gasteiger partial charge in [-0.3, -0.25) is 9.69 Å². The molecule has 2 fully saturated rings. The molecule has 3 aliphatic carbocycles. The van der Waals surface area contributed by atoms with Crippen LogP contribution in [0.15, 0.2) is 11.6 Å². The largest absolute Gasteiger partial charge is 0.389 e. The zero-order chi connectivity index (χ0) is 12.4. The third kappa shape index (κ3) is 1.12. The molecule has 0 aromatic rings. The van der Waals surface area contributed by atoms with E-state index in [1.807, 2.05) is 21.0 Å². The first-order valence-corrected chi connectivity index (χ1v) is 6.55. The maximum absolute atomic E-state index is 12.3. The molecule has 2 saturated carbocycles. The summed E-state index contributed by atoms with van der Waals surface area (Å²) in [6, 6.07) is 0. The Labute approximate surface area is 102 Å². The minimum Gasteiger partial charge on any atom is -0.389 e. The molecule has 3 heteroatoms. The summed E-state index contributed by atoms with van der Waals surface area (Å²) in [6.07, 6.45) is 5.63. The van der Waals surface area contributed by atoms with E-state index in [-0.39, 0.29) is 17.2 Å². The van der Waals surface area contributed by atoms with Crippen molar-refractivity contribution in [3.63, 3.8) is 0 Å². The molecule has 94 valence electrons. The summed E-state index contributed by atoms with van der Waals surface area (Å²) in [5.41, 5.74) is 0.187. The van der Waals surface area contributed by atoms with Crippen molar-refractivity contribution in [2.45, 2.75) is 43.7 Å². The number of rotatable bonds is 1. The van der Waals surface area contributed by atoms with E-state index >= 15 is 0 Å². The Balaban J connectivity index is 2.13. The van der Waals surface area contributed by atoms with Crippen LogP contribution in [0.25, 0.3) is 0 Å². The Morgan fingerprint density at radius 3 is 2.82 bits per heavy atom. The molecular weight excluding hydrogens is 214 g/mol. The monoisotopic (exact) mass is 235 g/mol. The molecule has 3 aliphatic rings. The first kappa shape index (κ1) is 11.4. The highest BCUT2D eigenvalue weighted by atomic mass is 16.3. The van der Waals surface area contributed by atoms with Gasteiger partial charge in [-0.1, -0.05) is 6.42 Å².